The van der Waals surface area contributed by atoms with E-state index in [0.29, 0.717) is 5.41 Å². The molecule has 0 radical (unpaired) electrons. The number of nitrogens with zero attached hydrogens (tertiary/aromatic N) is 1. The largest absolute Gasteiger partial charge is 0.311 e. The maximum absolute atomic E-state index is 4.28. The van der Waals surface area contributed by atoms with Crippen LogP contribution in [0, 0.1) is 12.3 Å². The van der Waals surface area contributed by atoms with E-state index in [4.69, 9.17) is 0 Å². The Balaban J connectivity index is 1.81. The number of aromatic nitrogens is 1. The first-order chi connectivity index (χ1) is 7.76. The summed E-state index contributed by atoms with van der Waals surface area (Å²) in [7, 11) is 0. The molecule has 2 rings (SSSR count). The van der Waals surface area contributed by atoms with E-state index in [2.05, 4.69) is 24.1 Å². The molecule has 3 heteroatoms. The topological polar surface area (TPSA) is 24.9 Å². The second-order valence-electron chi connectivity index (χ2n) is 5.03. The summed E-state index contributed by atoms with van der Waals surface area (Å²) in [5.41, 5.74) is 3.73. The first-order valence-electron chi connectivity index (χ1n) is 6.35. The predicted molar refractivity (Wildman–Crippen MR) is 69.7 cm³/mol. The summed E-state index contributed by atoms with van der Waals surface area (Å²) < 4.78 is 0. The maximum Gasteiger partial charge on any atom is 0.0798 e. The lowest BCUT2D eigenvalue weighted by atomic mass is 9.83. The third-order valence-corrected chi connectivity index (χ3v) is 4.98. The smallest absolute Gasteiger partial charge is 0.0798 e. The number of rotatable bonds is 5. The van der Waals surface area contributed by atoms with Crippen LogP contribution in [-0.2, 0) is 6.54 Å². The van der Waals surface area contributed by atoms with E-state index < -0.39 is 0 Å². The van der Waals surface area contributed by atoms with Crippen LogP contribution in [0.3, 0.4) is 0 Å². The summed E-state index contributed by atoms with van der Waals surface area (Å²) in [6, 6.07) is 0. The molecule has 0 saturated heterocycles. The van der Waals surface area contributed by atoms with Crippen LogP contribution in [0.1, 0.15) is 49.6 Å². The zero-order valence-electron chi connectivity index (χ0n) is 10.4. The summed E-state index contributed by atoms with van der Waals surface area (Å²) in [5, 5.41) is 3.63. The molecule has 2 nitrogen and oxygen atoms in total. The molecule has 90 valence electrons. The van der Waals surface area contributed by atoms with E-state index in [1.165, 1.54) is 49.2 Å². The molecule has 1 N–H and O–H groups in total. The van der Waals surface area contributed by atoms with Crippen molar-refractivity contribution < 1.29 is 0 Å². The zero-order chi connectivity index (χ0) is 11.4. The van der Waals surface area contributed by atoms with Crippen molar-refractivity contribution in [2.45, 2.75) is 52.5 Å². The van der Waals surface area contributed by atoms with Crippen LogP contribution < -0.4 is 5.32 Å². The van der Waals surface area contributed by atoms with E-state index in [0.717, 1.165) is 6.54 Å². The van der Waals surface area contributed by atoms with Gasteiger partial charge in [-0.05, 0) is 31.6 Å². The Morgan fingerprint density at radius 2 is 2.19 bits per heavy atom. The van der Waals surface area contributed by atoms with Crippen molar-refractivity contribution in [3.05, 3.63) is 16.1 Å². The van der Waals surface area contributed by atoms with Gasteiger partial charge in [-0.1, -0.05) is 19.8 Å². The van der Waals surface area contributed by atoms with E-state index in [-0.39, 0.29) is 0 Å². The van der Waals surface area contributed by atoms with Gasteiger partial charge in [-0.15, -0.1) is 11.3 Å². The lowest BCUT2D eigenvalue weighted by Crippen LogP contribution is -2.31. The Kier molecular flexibility index (Phi) is 3.98. The van der Waals surface area contributed by atoms with E-state index >= 15 is 0 Å². The third-order valence-electron chi connectivity index (χ3n) is 4.04. The van der Waals surface area contributed by atoms with Gasteiger partial charge in [0.25, 0.3) is 0 Å². The second kappa shape index (κ2) is 5.28. The number of hydrogen-bond donors (Lipinski definition) is 1. The molecule has 1 aliphatic carbocycles. The van der Waals surface area contributed by atoms with Crippen LogP contribution >= 0.6 is 11.3 Å². The van der Waals surface area contributed by atoms with Crippen molar-refractivity contribution in [3.63, 3.8) is 0 Å². The predicted octanol–water partition coefficient (Wildman–Crippen LogP) is 3.51. The molecule has 0 aliphatic heterocycles. The monoisotopic (exact) mass is 238 g/mol. The minimum Gasteiger partial charge on any atom is -0.311 e. The van der Waals surface area contributed by atoms with Crippen molar-refractivity contribution in [3.8, 4) is 0 Å². The number of nitrogens with one attached hydrogen (secondary N) is 1. The van der Waals surface area contributed by atoms with Gasteiger partial charge in [0.2, 0.25) is 0 Å². The molecule has 1 aliphatic rings. The van der Waals surface area contributed by atoms with Crippen LogP contribution in [0.25, 0.3) is 0 Å². The summed E-state index contributed by atoms with van der Waals surface area (Å²) in [4.78, 5) is 5.68. The Hall–Kier alpha value is -0.410. The van der Waals surface area contributed by atoms with Crippen LogP contribution in [0.2, 0.25) is 0 Å². The summed E-state index contributed by atoms with van der Waals surface area (Å²) >= 11 is 1.76. The van der Waals surface area contributed by atoms with Gasteiger partial charge in [0.1, 0.15) is 0 Å². The van der Waals surface area contributed by atoms with E-state index in [9.17, 15) is 0 Å². The average Bonchev–Trinajstić information content (AvgIpc) is 2.90. The second-order valence-corrected chi connectivity index (χ2v) is 5.96. The summed E-state index contributed by atoms with van der Waals surface area (Å²) in [5.74, 6) is 0. The Labute approximate surface area is 102 Å². The molecule has 16 heavy (non-hydrogen) atoms. The molecule has 0 aromatic carbocycles. The van der Waals surface area contributed by atoms with Crippen LogP contribution in [-0.4, -0.2) is 11.5 Å². The standard InChI is InChI=1S/C13H22N2S/c1-3-13(6-4-5-7-13)9-14-8-12-11(2)15-10-16-12/h10,14H,3-9H2,1-2H3. The highest BCUT2D eigenvalue weighted by atomic mass is 32.1. The van der Waals surface area contributed by atoms with E-state index in [1.807, 2.05) is 5.51 Å². The number of hydrogen-bond acceptors (Lipinski definition) is 3. The molecule has 0 amide bonds. The molecule has 1 heterocycles. The number of thiazole rings is 1. The fraction of sp³-hybridized carbons (Fsp3) is 0.769. The van der Waals surface area contributed by atoms with Gasteiger partial charge < -0.3 is 5.32 Å². The van der Waals surface area contributed by atoms with Crippen molar-refractivity contribution in [2.75, 3.05) is 6.54 Å². The molecular formula is C13H22N2S. The fourth-order valence-corrected chi connectivity index (χ4v) is 3.46. The van der Waals surface area contributed by atoms with E-state index in [1.54, 1.807) is 11.3 Å². The Morgan fingerprint density at radius 3 is 2.75 bits per heavy atom. The summed E-state index contributed by atoms with van der Waals surface area (Å²) in [6.07, 6.45) is 7.00. The molecule has 0 unspecified atom stereocenters. The SMILES string of the molecule is CCC1(CNCc2scnc2C)CCCC1. The first kappa shape index (κ1) is 12.1. The first-order valence-corrected chi connectivity index (χ1v) is 7.23. The van der Waals surface area contributed by atoms with Gasteiger partial charge in [0, 0.05) is 18.0 Å². The van der Waals surface area contributed by atoms with Gasteiger partial charge in [-0.2, -0.15) is 0 Å². The highest BCUT2D eigenvalue weighted by molar-refractivity contribution is 7.09. The molecule has 1 aromatic heterocycles. The van der Waals surface area contributed by atoms with Crippen LogP contribution in [0.15, 0.2) is 5.51 Å². The Bertz CT molecular complexity index is 326. The average molecular weight is 238 g/mol. The highest BCUT2D eigenvalue weighted by Gasteiger charge is 2.31. The van der Waals surface area contributed by atoms with Gasteiger partial charge in [-0.3, -0.25) is 0 Å². The molecule has 0 bridgehead atoms. The molecular weight excluding hydrogens is 216 g/mol. The van der Waals surface area contributed by atoms with Crippen molar-refractivity contribution in [1.82, 2.24) is 10.3 Å². The molecule has 1 fully saturated rings. The van der Waals surface area contributed by atoms with Crippen molar-refractivity contribution >= 4 is 11.3 Å². The maximum atomic E-state index is 4.28. The van der Waals surface area contributed by atoms with Gasteiger partial charge in [0.05, 0.1) is 11.2 Å². The minimum atomic E-state index is 0.596. The normalized spacial score (nSPS) is 19.1. The molecule has 1 saturated carbocycles. The Morgan fingerprint density at radius 1 is 1.44 bits per heavy atom. The zero-order valence-corrected chi connectivity index (χ0v) is 11.2. The molecule has 0 spiro atoms. The minimum absolute atomic E-state index is 0.596. The van der Waals surface area contributed by atoms with Crippen LogP contribution in [0.4, 0.5) is 0 Å². The number of aryl methyl sites for hydroxylation is 1. The van der Waals surface area contributed by atoms with Gasteiger partial charge >= 0.3 is 0 Å². The molecule has 0 atom stereocenters. The highest BCUT2D eigenvalue weighted by Crippen LogP contribution is 2.40. The van der Waals surface area contributed by atoms with Crippen molar-refractivity contribution in [2.24, 2.45) is 5.41 Å². The lowest BCUT2D eigenvalue weighted by Gasteiger charge is -2.27. The third kappa shape index (κ3) is 2.64. The molecule has 1 aromatic rings. The summed E-state index contributed by atoms with van der Waals surface area (Å²) in [6.45, 7) is 6.61. The quantitative estimate of drug-likeness (QED) is 0.849. The van der Waals surface area contributed by atoms with Crippen molar-refractivity contribution in [1.29, 1.82) is 0 Å². The van der Waals surface area contributed by atoms with Gasteiger partial charge in [0.15, 0.2) is 0 Å². The lowest BCUT2D eigenvalue weighted by molar-refractivity contribution is 0.268. The fourth-order valence-electron chi connectivity index (χ4n) is 2.72. The van der Waals surface area contributed by atoms with Gasteiger partial charge in [-0.25, -0.2) is 4.98 Å². The van der Waals surface area contributed by atoms with Crippen LogP contribution in [0.5, 0.6) is 0 Å².